The van der Waals surface area contributed by atoms with Gasteiger partial charge in [0, 0.05) is 18.3 Å². The number of hydrogen-bond acceptors (Lipinski definition) is 2. The van der Waals surface area contributed by atoms with E-state index in [0.717, 1.165) is 12.5 Å². The number of rotatable bonds is 5. The molecule has 3 heteroatoms. The minimum absolute atomic E-state index is 0.250. The standard InChI is InChI=1S/C18H25N3/c1-4-19-18(17-12-20-21(3)13(17)2)16-11-6-5-10-15(16)14-8-7-9-14/h5-6,10-12,14,18-19H,4,7-9H2,1-3H3. The maximum atomic E-state index is 4.43. The van der Waals surface area contributed by atoms with Crippen molar-refractivity contribution in [2.24, 2.45) is 7.05 Å². The van der Waals surface area contributed by atoms with Crippen LogP contribution in [0.5, 0.6) is 0 Å². The van der Waals surface area contributed by atoms with E-state index in [0.29, 0.717) is 0 Å². The lowest BCUT2D eigenvalue weighted by molar-refractivity contribution is 0.414. The molecule has 1 saturated carbocycles. The first kappa shape index (κ1) is 14.3. The monoisotopic (exact) mass is 283 g/mol. The van der Waals surface area contributed by atoms with Gasteiger partial charge in [0.25, 0.3) is 0 Å². The molecular weight excluding hydrogens is 258 g/mol. The number of hydrogen-bond donors (Lipinski definition) is 1. The highest BCUT2D eigenvalue weighted by Crippen LogP contribution is 2.40. The highest BCUT2D eigenvalue weighted by molar-refractivity contribution is 5.40. The van der Waals surface area contributed by atoms with Gasteiger partial charge >= 0.3 is 0 Å². The van der Waals surface area contributed by atoms with Crippen LogP contribution in [0.15, 0.2) is 30.5 Å². The van der Waals surface area contributed by atoms with Crippen LogP contribution >= 0.6 is 0 Å². The van der Waals surface area contributed by atoms with Crippen molar-refractivity contribution in [2.75, 3.05) is 6.54 Å². The third kappa shape index (κ3) is 2.62. The first-order valence-corrected chi connectivity index (χ1v) is 8.03. The molecule has 2 aromatic rings. The van der Waals surface area contributed by atoms with Crippen molar-refractivity contribution in [2.45, 2.75) is 45.1 Å². The van der Waals surface area contributed by atoms with Crippen LogP contribution in [-0.2, 0) is 7.05 Å². The SMILES string of the molecule is CCNC(c1ccccc1C1CCC1)c1cnn(C)c1C. The van der Waals surface area contributed by atoms with Crippen molar-refractivity contribution < 1.29 is 0 Å². The second-order valence-electron chi connectivity index (χ2n) is 6.06. The molecule has 0 bridgehead atoms. The van der Waals surface area contributed by atoms with Gasteiger partial charge in [-0.25, -0.2) is 0 Å². The molecule has 21 heavy (non-hydrogen) atoms. The first-order valence-electron chi connectivity index (χ1n) is 8.03. The highest BCUT2D eigenvalue weighted by atomic mass is 15.3. The summed E-state index contributed by atoms with van der Waals surface area (Å²) in [6.07, 6.45) is 6.06. The number of aromatic nitrogens is 2. The molecule has 0 spiro atoms. The maximum absolute atomic E-state index is 4.43. The van der Waals surface area contributed by atoms with Crippen molar-refractivity contribution in [3.05, 3.63) is 52.8 Å². The Bertz CT molecular complexity index is 611. The molecule has 0 radical (unpaired) electrons. The molecule has 0 amide bonds. The van der Waals surface area contributed by atoms with Crippen LogP contribution in [0.4, 0.5) is 0 Å². The van der Waals surface area contributed by atoms with Crippen molar-refractivity contribution in [3.8, 4) is 0 Å². The van der Waals surface area contributed by atoms with E-state index in [1.54, 1.807) is 0 Å². The van der Waals surface area contributed by atoms with E-state index in [2.05, 4.69) is 48.5 Å². The van der Waals surface area contributed by atoms with Crippen LogP contribution in [0.2, 0.25) is 0 Å². The Labute approximate surface area is 127 Å². The molecule has 1 unspecified atom stereocenters. The van der Waals surface area contributed by atoms with Gasteiger partial charge in [-0.2, -0.15) is 5.10 Å². The molecule has 1 aromatic heterocycles. The molecule has 1 aliphatic carbocycles. The predicted molar refractivity (Wildman–Crippen MR) is 86.5 cm³/mol. The molecule has 3 rings (SSSR count). The molecular formula is C18H25N3. The van der Waals surface area contributed by atoms with Gasteiger partial charge in [-0.3, -0.25) is 4.68 Å². The predicted octanol–water partition coefficient (Wildman–Crippen LogP) is 3.69. The number of nitrogens with zero attached hydrogens (tertiary/aromatic N) is 2. The smallest absolute Gasteiger partial charge is 0.0613 e. The Morgan fingerprint density at radius 2 is 2.05 bits per heavy atom. The van der Waals surface area contributed by atoms with Gasteiger partial charge in [0.2, 0.25) is 0 Å². The van der Waals surface area contributed by atoms with Gasteiger partial charge in [0.1, 0.15) is 0 Å². The third-order valence-electron chi connectivity index (χ3n) is 4.84. The first-order chi connectivity index (χ1) is 10.2. The van der Waals surface area contributed by atoms with Crippen molar-refractivity contribution in [1.82, 2.24) is 15.1 Å². The highest BCUT2D eigenvalue weighted by Gasteiger charge is 2.26. The molecule has 1 heterocycles. The largest absolute Gasteiger partial charge is 0.306 e. The summed E-state index contributed by atoms with van der Waals surface area (Å²) in [4.78, 5) is 0. The van der Waals surface area contributed by atoms with Gasteiger partial charge in [0.15, 0.2) is 0 Å². The molecule has 1 N–H and O–H groups in total. The zero-order valence-electron chi connectivity index (χ0n) is 13.3. The summed E-state index contributed by atoms with van der Waals surface area (Å²) in [5, 5.41) is 8.09. The quantitative estimate of drug-likeness (QED) is 0.907. The van der Waals surface area contributed by atoms with Crippen LogP contribution in [0.25, 0.3) is 0 Å². The third-order valence-corrected chi connectivity index (χ3v) is 4.84. The van der Waals surface area contributed by atoms with E-state index >= 15 is 0 Å². The van der Waals surface area contributed by atoms with E-state index in [1.165, 1.54) is 41.6 Å². The Morgan fingerprint density at radius 1 is 1.29 bits per heavy atom. The number of benzene rings is 1. The summed E-state index contributed by atoms with van der Waals surface area (Å²) < 4.78 is 1.96. The van der Waals surface area contributed by atoms with E-state index in [4.69, 9.17) is 0 Å². The van der Waals surface area contributed by atoms with Crippen LogP contribution < -0.4 is 5.32 Å². The van der Waals surface area contributed by atoms with Gasteiger partial charge in [-0.15, -0.1) is 0 Å². The van der Waals surface area contributed by atoms with Crippen LogP contribution in [0.3, 0.4) is 0 Å². The summed E-state index contributed by atoms with van der Waals surface area (Å²) >= 11 is 0. The van der Waals surface area contributed by atoms with Gasteiger partial charge in [-0.05, 0) is 43.4 Å². The summed E-state index contributed by atoms with van der Waals surface area (Å²) in [5.74, 6) is 0.749. The molecule has 1 aromatic carbocycles. The molecule has 1 atom stereocenters. The summed E-state index contributed by atoms with van der Waals surface area (Å²) in [5.41, 5.74) is 5.49. The van der Waals surface area contributed by atoms with E-state index in [1.807, 2.05) is 17.9 Å². The molecule has 112 valence electrons. The van der Waals surface area contributed by atoms with Crippen molar-refractivity contribution in [1.29, 1.82) is 0 Å². The normalized spacial score (nSPS) is 16.7. The average molecular weight is 283 g/mol. The van der Waals surface area contributed by atoms with Gasteiger partial charge in [-0.1, -0.05) is 37.6 Å². The minimum atomic E-state index is 0.250. The Morgan fingerprint density at radius 3 is 2.62 bits per heavy atom. The van der Waals surface area contributed by atoms with Crippen LogP contribution in [-0.4, -0.2) is 16.3 Å². The summed E-state index contributed by atoms with van der Waals surface area (Å²) in [7, 11) is 2.01. The minimum Gasteiger partial charge on any atom is -0.306 e. The van der Waals surface area contributed by atoms with Crippen molar-refractivity contribution in [3.63, 3.8) is 0 Å². The van der Waals surface area contributed by atoms with Crippen molar-refractivity contribution >= 4 is 0 Å². The Kier molecular flexibility index (Phi) is 4.11. The van der Waals surface area contributed by atoms with Crippen LogP contribution in [0.1, 0.15) is 60.5 Å². The number of nitrogens with one attached hydrogen (secondary N) is 1. The topological polar surface area (TPSA) is 29.9 Å². The Balaban J connectivity index is 2.03. The molecule has 0 aliphatic heterocycles. The van der Waals surface area contributed by atoms with E-state index < -0.39 is 0 Å². The second-order valence-corrected chi connectivity index (χ2v) is 6.06. The fraction of sp³-hybridized carbons (Fsp3) is 0.500. The zero-order valence-corrected chi connectivity index (χ0v) is 13.3. The maximum Gasteiger partial charge on any atom is 0.0613 e. The second kappa shape index (κ2) is 6.02. The summed E-state index contributed by atoms with van der Waals surface area (Å²) in [6, 6.07) is 9.19. The lowest BCUT2D eigenvalue weighted by Crippen LogP contribution is -2.25. The van der Waals surface area contributed by atoms with E-state index in [9.17, 15) is 0 Å². The number of aryl methyl sites for hydroxylation is 1. The van der Waals surface area contributed by atoms with Gasteiger partial charge in [0.05, 0.1) is 12.2 Å². The fourth-order valence-corrected chi connectivity index (χ4v) is 3.26. The van der Waals surface area contributed by atoms with E-state index in [-0.39, 0.29) is 6.04 Å². The summed E-state index contributed by atoms with van der Waals surface area (Å²) in [6.45, 7) is 5.28. The lowest BCUT2D eigenvalue weighted by atomic mass is 9.76. The van der Waals surface area contributed by atoms with Gasteiger partial charge < -0.3 is 5.32 Å². The lowest BCUT2D eigenvalue weighted by Gasteiger charge is -2.31. The molecule has 1 fully saturated rings. The van der Waals surface area contributed by atoms with Crippen LogP contribution in [0, 0.1) is 6.92 Å². The zero-order chi connectivity index (χ0) is 14.8. The molecule has 1 aliphatic rings. The Hall–Kier alpha value is -1.61. The molecule has 3 nitrogen and oxygen atoms in total. The fourth-order valence-electron chi connectivity index (χ4n) is 3.26. The average Bonchev–Trinajstić information content (AvgIpc) is 2.76. The molecule has 0 saturated heterocycles.